The molecule has 100 valence electrons. The fraction of sp³-hybridized carbons (Fsp3) is 0.667. The minimum atomic E-state index is 0.781. The van der Waals surface area contributed by atoms with E-state index >= 15 is 0 Å². The molecular weight excluding hydrogens is 246 g/mol. The predicted molar refractivity (Wildman–Crippen MR) is 76.1 cm³/mol. The lowest BCUT2D eigenvalue weighted by molar-refractivity contribution is 0.256. The van der Waals surface area contributed by atoms with Gasteiger partial charge in [-0.2, -0.15) is 0 Å². The number of aromatic nitrogens is 2. The second-order valence-electron chi connectivity index (χ2n) is 4.39. The van der Waals surface area contributed by atoms with Crippen LogP contribution in [-0.2, 0) is 0 Å². The minimum Gasteiger partial charge on any atom is -0.354 e. The van der Waals surface area contributed by atoms with Crippen LogP contribution in [0.4, 0.5) is 5.82 Å². The standard InChI is InChI=1S/C12H21N5S/c1-18-12-9-11(14-10-15-12)17-7-5-16(6-8-17)4-2-3-13/h9-10H,2-8,13H2,1H3. The summed E-state index contributed by atoms with van der Waals surface area (Å²) < 4.78 is 0. The number of hydrogen-bond donors (Lipinski definition) is 1. The molecule has 0 unspecified atom stereocenters. The van der Waals surface area contributed by atoms with Gasteiger partial charge in [-0.05, 0) is 25.8 Å². The van der Waals surface area contributed by atoms with Gasteiger partial charge in [0.1, 0.15) is 17.2 Å². The van der Waals surface area contributed by atoms with Crippen molar-refractivity contribution in [2.45, 2.75) is 11.4 Å². The minimum absolute atomic E-state index is 0.781. The summed E-state index contributed by atoms with van der Waals surface area (Å²) in [4.78, 5) is 13.4. The summed E-state index contributed by atoms with van der Waals surface area (Å²) in [6.45, 7) is 6.16. The van der Waals surface area contributed by atoms with Crippen LogP contribution in [-0.4, -0.2) is 60.4 Å². The summed E-state index contributed by atoms with van der Waals surface area (Å²) in [6.07, 6.45) is 4.78. The van der Waals surface area contributed by atoms with Crippen molar-refractivity contribution in [3.05, 3.63) is 12.4 Å². The third-order valence-electron chi connectivity index (χ3n) is 3.21. The van der Waals surface area contributed by atoms with Crippen molar-refractivity contribution in [3.8, 4) is 0 Å². The molecule has 1 aliphatic rings. The summed E-state index contributed by atoms with van der Waals surface area (Å²) in [5.41, 5.74) is 5.54. The molecule has 0 atom stereocenters. The Labute approximate surface area is 113 Å². The average molecular weight is 267 g/mol. The average Bonchev–Trinajstić information content (AvgIpc) is 2.46. The maximum absolute atomic E-state index is 5.54. The largest absolute Gasteiger partial charge is 0.354 e. The molecule has 2 N–H and O–H groups in total. The highest BCUT2D eigenvalue weighted by Crippen LogP contribution is 2.18. The van der Waals surface area contributed by atoms with E-state index in [2.05, 4.69) is 25.8 Å². The highest BCUT2D eigenvalue weighted by atomic mass is 32.2. The van der Waals surface area contributed by atoms with Crippen molar-refractivity contribution < 1.29 is 0 Å². The van der Waals surface area contributed by atoms with Gasteiger partial charge in [0.2, 0.25) is 0 Å². The quantitative estimate of drug-likeness (QED) is 0.625. The van der Waals surface area contributed by atoms with E-state index in [1.165, 1.54) is 0 Å². The molecule has 0 spiro atoms. The van der Waals surface area contributed by atoms with E-state index in [0.717, 1.165) is 56.5 Å². The molecule has 18 heavy (non-hydrogen) atoms. The van der Waals surface area contributed by atoms with Crippen LogP contribution in [0.2, 0.25) is 0 Å². The number of anilines is 1. The Bertz CT molecular complexity index is 365. The molecule has 1 aliphatic heterocycles. The number of piperazine rings is 1. The Balaban J connectivity index is 1.88. The Morgan fingerprint density at radius 3 is 2.72 bits per heavy atom. The molecule has 1 aromatic heterocycles. The van der Waals surface area contributed by atoms with Gasteiger partial charge in [-0.1, -0.05) is 0 Å². The van der Waals surface area contributed by atoms with Gasteiger partial charge in [0, 0.05) is 32.2 Å². The zero-order valence-electron chi connectivity index (χ0n) is 10.9. The third kappa shape index (κ3) is 3.57. The maximum atomic E-state index is 5.54. The molecule has 6 heteroatoms. The third-order valence-corrected chi connectivity index (χ3v) is 3.85. The molecule has 0 amide bonds. The highest BCUT2D eigenvalue weighted by molar-refractivity contribution is 7.98. The van der Waals surface area contributed by atoms with Crippen LogP contribution < -0.4 is 10.6 Å². The number of thioether (sulfide) groups is 1. The molecule has 1 fully saturated rings. The number of rotatable bonds is 5. The summed E-state index contributed by atoms with van der Waals surface area (Å²) in [5, 5.41) is 1.03. The van der Waals surface area contributed by atoms with E-state index in [4.69, 9.17) is 5.73 Å². The lowest BCUT2D eigenvalue weighted by Gasteiger charge is -2.35. The second-order valence-corrected chi connectivity index (χ2v) is 5.22. The molecule has 2 rings (SSSR count). The monoisotopic (exact) mass is 267 g/mol. The second kappa shape index (κ2) is 6.92. The van der Waals surface area contributed by atoms with Crippen LogP contribution >= 0.6 is 11.8 Å². The van der Waals surface area contributed by atoms with E-state index in [0.29, 0.717) is 0 Å². The zero-order chi connectivity index (χ0) is 12.8. The lowest BCUT2D eigenvalue weighted by Crippen LogP contribution is -2.47. The normalized spacial score (nSPS) is 17.1. The van der Waals surface area contributed by atoms with Gasteiger partial charge in [0.05, 0.1) is 0 Å². The first kappa shape index (κ1) is 13.6. The zero-order valence-corrected chi connectivity index (χ0v) is 11.7. The summed E-state index contributed by atoms with van der Waals surface area (Å²) in [7, 11) is 0. The van der Waals surface area contributed by atoms with E-state index in [-0.39, 0.29) is 0 Å². The molecule has 0 radical (unpaired) electrons. The molecule has 0 saturated carbocycles. The summed E-state index contributed by atoms with van der Waals surface area (Å²) in [5.74, 6) is 1.05. The smallest absolute Gasteiger partial charge is 0.133 e. The number of hydrogen-bond acceptors (Lipinski definition) is 6. The highest BCUT2D eigenvalue weighted by Gasteiger charge is 2.17. The van der Waals surface area contributed by atoms with Gasteiger partial charge >= 0.3 is 0 Å². The first-order valence-electron chi connectivity index (χ1n) is 6.37. The van der Waals surface area contributed by atoms with Crippen LogP contribution in [0.1, 0.15) is 6.42 Å². The van der Waals surface area contributed by atoms with E-state index in [9.17, 15) is 0 Å². The van der Waals surface area contributed by atoms with E-state index in [1.807, 2.05) is 6.26 Å². The van der Waals surface area contributed by atoms with Gasteiger partial charge in [0.15, 0.2) is 0 Å². The fourth-order valence-corrected chi connectivity index (χ4v) is 2.51. The van der Waals surface area contributed by atoms with Crippen LogP contribution in [0.5, 0.6) is 0 Å². The predicted octanol–water partition coefficient (Wildman–Crippen LogP) is 0.669. The summed E-state index contributed by atoms with van der Waals surface area (Å²) in [6, 6.07) is 2.07. The van der Waals surface area contributed by atoms with Crippen molar-refractivity contribution >= 4 is 17.6 Å². The molecule has 1 saturated heterocycles. The topological polar surface area (TPSA) is 58.3 Å². The van der Waals surface area contributed by atoms with Crippen molar-refractivity contribution in [3.63, 3.8) is 0 Å². The Hall–Kier alpha value is -0.850. The maximum Gasteiger partial charge on any atom is 0.133 e. The van der Waals surface area contributed by atoms with Crippen molar-refractivity contribution in [2.24, 2.45) is 5.73 Å². The molecule has 5 nitrogen and oxygen atoms in total. The Morgan fingerprint density at radius 2 is 2.06 bits per heavy atom. The van der Waals surface area contributed by atoms with Crippen molar-refractivity contribution in [1.29, 1.82) is 0 Å². The van der Waals surface area contributed by atoms with Crippen molar-refractivity contribution in [2.75, 3.05) is 50.4 Å². The molecular formula is C12H21N5S. The fourth-order valence-electron chi connectivity index (χ4n) is 2.13. The van der Waals surface area contributed by atoms with E-state index < -0.39 is 0 Å². The molecule has 1 aromatic rings. The Kier molecular flexibility index (Phi) is 5.22. The molecule has 0 aromatic carbocycles. The molecule has 2 heterocycles. The van der Waals surface area contributed by atoms with Crippen LogP contribution in [0.3, 0.4) is 0 Å². The van der Waals surface area contributed by atoms with Crippen LogP contribution in [0.25, 0.3) is 0 Å². The van der Waals surface area contributed by atoms with Gasteiger partial charge in [-0.15, -0.1) is 11.8 Å². The van der Waals surface area contributed by atoms with Gasteiger partial charge in [-0.3, -0.25) is 4.90 Å². The van der Waals surface area contributed by atoms with Crippen LogP contribution in [0, 0.1) is 0 Å². The lowest BCUT2D eigenvalue weighted by atomic mass is 10.3. The molecule has 0 bridgehead atoms. The van der Waals surface area contributed by atoms with Crippen molar-refractivity contribution in [1.82, 2.24) is 14.9 Å². The van der Waals surface area contributed by atoms with E-state index in [1.54, 1.807) is 18.1 Å². The molecule has 0 aliphatic carbocycles. The SMILES string of the molecule is CSc1cc(N2CCN(CCCN)CC2)ncn1. The number of nitrogens with two attached hydrogens (primary N) is 1. The van der Waals surface area contributed by atoms with Gasteiger partial charge in [0.25, 0.3) is 0 Å². The number of nitrogens with zero attached hydrogens (tertiary/aromatic N) is 4. The summed E-state index contributed by atoms with van der Waals surface area (Å²) >= 11 is 1.66. The first-order chi connectivity index (χ1) is 8.83. The van der Waals surface area contributed by atoms with Gasteiger partial charge in [-0.25, -0.2) is 9.97 Å². The van der Waals surface area contributed by atoms with Crippen LogP contribution in [0.15, 0.2) is 17.4 Å². The first-order valence-corrected chi connectivity index (χ1v) is 7.59. The van der Waals surface area contributed by atoms with Gasteiger partial charge < -0.3 is 10.6 Å². The Morgan fingerprint density at radius 1 is 1.28 bits per heavy atom.